The van der Waals surface area contributed by atoms with Crippen LogP contribution in [0.1, 0.15) is 43.6 Å². The Kier molecular flexibility index (Phi) is 6.67. The Labute approximate surface area is 169 Å². The summed E-state index contributed by atoms with van der Waals surface area (Å²) in [5.41, 5.74) is 1.10. The van der Waals surface area contributed by atoms with Gasteiger partial charge in [0.15, 0.2) is 12.3 Å². The average molecular weight is 403 g/mol. The van der Waals surface area contributed by atoms with Crippen molar-refractivity contribution in [1.82, 2.24) is 10.3 Å². The molecule has 3 rings (SSSR count). The largest absolute Gasteiger partial charge is 0.497 e. The molecular weight excluding hydrogens is 376 g/mol. The van der Waals surface area contributed by atoms with Gasteiger partial charge in [0.1, 0.15) is 10.8 Å². The Morgan fingerprint density at radius 2 is 1.96 bits per heavy atom. The third-order valence-corrected chi connectivity index (χ3v) is 6.33. The van der Waals surface area contributed by atoms with Crippen LogP contribution in [0, 0.1) is 11.8 Å². The molecule has 150 valence electrons. The van der Waals surface area contributed by atoms with Gasteiger partial charge in [0.25, 0.3) is 5.91 Å². The lowest BCUT2D eigenvalue weighted by molar-refractivity contribution is -0.125. The van der Waals surface area contributed by atoms with Gasteiger partial charge in [0, 0.05) is 17.0 Å². The average Bonchev–Trinajstić information content (AvgIpc) is 3.20. The topological polar surface area (TPSA) is 77.5 Å². The van der Waals surface area contributed by atoms with Gasteiger partial charge in [0.2, 0.25) is 0 Å². The lowest BCUT2D eigenvalue weighted by Crippen LogP contribution is -2.45. The molecule has 2 aromatic rings. The van der Waals surface area contributed by atoms with Gasteiger partial charge in [-0.25, -0.2) is 9.78 Å². The summed E-state index contributed by atoms with van der Waals surface area (Å²) in [7, 11) is 1.61. The standard InChI is InChI=1S/C21H26N2O4S/c1-13-5-4-6-17(14(13)2)22-19(24)11-27-21(25)18-12-28-20(23-18)15-7-9-16(26-3)10-8-15/h7-10,12-14,17H,4-6,11H2,1-3H3,(H,22,24)/t13-,14+,17-/m0/s1. The number of amides is 1. The van der Waals surface area contributed by atoms with Crippen LogP contribution in [0.4, 0.5) is 0 Å². The number of nitrogens with one attached hydrogen (secondary N) is 1. The molecule has 1 aromatic heterocycles. The Balaban J connectivity index is 1.52. The molecular formula is C21H26N2O4S. The van der Waals surface area contributed by atoms with Gasteiger partial charge in [-0.15, -0.1) is 11.3 Å². The van der Waals surface area contributed by atoms with Crippen LogP contribution in [0.15, 0.2) is 29.6 Å². The Morgan fingerprint density at radius 1 is 1.21 bits per heavy atom. The van der Waals surface area contributed by atoms with Crippen molar-refractivity contribution in [1.29, 1.82) is 0 Å². The van der Waals surface area contributed by atoms with E-state index >= 15 is 0 Å². The SMILES string of the molecule is COc1ccc(-c2nc(C(=O)OCC(=O)N[C@H]3CCC[C@H](C)[C@H]3C)cs2)cc1. The first-order valence-corrected chi connectivity index (χ1v) is 10.4. The molecule has 1 aromatic carbocycles. The van der Waals surface area contributed by atoms with Crippen molar-refractivity contribution in [3.8, 4) is 16.3 Å². The van der Waals surface area contributed by atoms with Crippen molar-refractivity contribution >= 4 is 23.2 Å². The fraction of sp³-hybridized carbons (Fsp3) is 0.476. The molecule has 0 aliphatic heterocycles. The molecule has 0 radical (unpaired) electrons. The first-order valence-electron chi connectivity index (χ1n) is 9.54. The Hall–Kier alpha value is -2.41. The second-order valence-electron chi connectivity index (χ2n) is 7.28. The van der Waals surface area contributed by atoms with Crippen LogP contribution in [0.5, 0.6) is 5.75 Å². The van der Waals surface area contributed by atoms with Crippen LogP contribution in [-0.2, 0) is 9.53 Å². The third-order valence-electron chi connectivity index (χ3n) is 5.44. The number of benzene rings is 1. The summed E-state index contributed by atoms with van der Waals surface area (Å²) in [6.45, 7) is 4.09. The number of nitrogens with zero attached hydrogens (tertiary/aromatic N) is 1. The predicted octanol–water partition coefficient (Wildman–Crippen LogP) is 3.92. The highest BCUT2D eigenvalue weighted by atomic mass is 32.1. The molecule has 0 bridgehead atoms. The molecule has 1 heterocycles. The minimum Gasteiger partial charge on any atom is -0.497 e. The highest BCUT2D eigenvalue weighted by molar-refractivity contribution is 7.13. The van der Waals surface area contributed by atoms with E-state index in [1.807, 2.05) is 24.3 Å². The fourth-order valence-electron chi connectivity index (χ4n) is 3.47. The van der Waals surface area contributed by atoms with Gasteiger partial charge >= 0.3 is 5.97 Å². The summed E-state index contributed by atoms with van der Waals surface area (Å²) < 4.78 is 10.3. The molecule has 1 aliphatic rings. The van der Waals surface area contributed by atoms with Crippen molar-refractivity contribution in [2.75, 3.05) is 13.7 Å². The highest BCUT2D eigenvalue weighted by Crippen LogP contribution is 2.29. The number of aromatic nitrogens is 1. The van der Waals surface area contributed by atoms with Gasteiger partial charge in [-0.2, -0.15) is 0 Å². The van der Waals surface area contributed by atoms with Crippen LogP contribution < -0.4 is 10.1 Å². The number of esters is 1. The van der Waals surface area contributed by atoms with Gasteiger partial charge in [-0.05, 0) is 42.5 Å². The van der Waals surface area contributed by atoms with Crippen molar-refractivity contribution in [2.24, 2.45) is 11.8 Å². The van der Waals surface area contributed by atoms with E-state index in [1.165, 1.54) is 17.8 Å². The monoisotopic (exact) mass is 402 g/mol. The summed E-state index contributed by atoms with van der Waals surface area (Å²) in [5, 5.41) is 5.36. The molecule has 1 aliphatic carbocycles. The number of rotatable bonds is 6. The third kappa shape index (κ3) is 4.90. The number of hydrogen-bond acceptors (Lipinski definition) is 6. The first kappa shape index (κ1) is 20.3. The molecule has 3 atom stereocenters. The van der Waals surface area contributed by atoms with E-state index in [0.29, 0.717) is 16.8 Å². The van der Waals surface area contributed by atoms with Crippen molar-refractivity contribution in [2.45, 2.75) is 39.2 Å². The van der Waals surface area contributed by atoms with E-state index in [0.717, 1.165) is 24.2 Å². The maximum absolute atomic E-state index is 12.2. The Bertz CT molecular complexity index is 818. The van der Waals surface area contributed by atoms with Gasteiger partial charge in [-0.3, -0.25) is 4.79 Å². The zero-order valence-electron chi connectivity index (χ0n) is 16.4. The van der Waals surface area contributed by atoms with Crippen molar-refractivity contribution in [3.63, 3.8) is 0 Å². The van der Waals surface area contributed by atoms with Crippen LogP contribution >= 0.6 is 11.3 Å². The lowest BCUT2D eigenvalue weighted by Gasteiger charge is -2.34. The van der Waals surface area contributed by atoms with E-state index in [2.05, 4.69) is 24.1 Å². The van der Waals surface area contributed by atoms with E-state index in [4.69, 9.17) is 9.47 Å². The van der Waals surface area contributed by atoms with Gasteiger partial charge in [0.05, 0.1) is 7.11 Å². The maximum atomic E-state index is 12.2. The number of ether oxygens (including phenoxy) is 2. The molecule has 0 unspecified atom stereocenters. The van der Waals surface area contributed by atoms with E-state index in [-0.39, 0.29) is 24.2 Å². The number of hydrogen-bond donors (Lipinski definition) is 1. The number of methoxy groups -OCH3 is 1. The molecule has 0 spiro atoms. The second-order valence-corrected chi connectivity index (χ2v) is 8.14. The van der Waals surface area contributed by atoms with Gasteiger partial charge < -0.3 is 14.8 Å². The summed E-state index contributed by atoms with van der Waals surface area (Å²) in [4.78, 5) is 28.7. The minimum atomic E-state index is -0.587. The van der Waals surface area contributed by atoms with Crippen molar-refractivity contribution in [3.05, 3.63) is 35.3 Å². The summed E-state index contributed by atoms with van der Waals surface area (Å²) in [5.74, 6) is 0.931. The van der Waals surface area contributed by atoms with E-state index in [1.54, 1.807) is 12.5 Å². The number of carbonyl (C=O) groups is 2. The minimum absolute atomic E-state index is 0.149. The van der Waals surface area contributed by atoms with Crippen LogP contribution in [0.25, 0.3) is 10.6 Å². The smallest absolute Gasteiger partial charge is 0.358 e. The summed E-state index contributed by atoms with van der Waals surface area (Å²) in [6.07, 6.45) is 3.29. The molecule has 1 saturated carbocycles. The van der Waals surface area contributed by atoms with Crippen LogP contribution in [0.3, 0.4) is 0 Å². The zero-order valence-corrected chi connectivity index (χ0v) is 17.3. The zero-order chi connectivity index (χ0) is 20.1. The van der Waals surface area contributed by atoms with Gasteiger partial charge in [-0.1, -0.05) is 26.7 Å². The van der Waals surface area contributed by atoms with Crippen LogP contribution in [0.2, 0.25) is 0 Å². The fourth-order valence-corrected chi connectivity index (χ4v) is 4.27. The predicted molar refractivity (Wildman–Crippen MR) is 108 cm³/mol. The summed E-state index contributed by atoms with van der Waals surface area (Å²) >= 11 is 1.35. The molecule has 1 amide bonds. The quantitative estimate of drug-likeness (QED) is 0.741. The normalized spacial score (nSPS) is 21.8. The molecule has 6 nitrogen and oxygen atoms in total. The Morgan fingerprint density at radius 3 is 2.68 bits per heavy atom. The van der Waals surface area contributed by atoms with Crippen LogP contribution in [-0.4, -0.2) is 36.6 Å². The molecule has 7 heteroatoms. The number of thiazole rings is 1. The van der Waals surface area contributed by atoms with E-state index < -0.39 is 5.97 Å². The molecule has 28 heavy (non-hydrogen) atoms. The maximum Gasteiger partial charge on any atom is 0.358 e. The molecule has 1 fully saturated rings. The lowest BCUT2D eigenvalue weighted by atomic mass is 9.78. The van der Waals surface area contributed by atoms with Crippen molar-refractivity contribution < 1.29 is 19.1 Å². The second kappa shape index (κ2) is 9.19. The number of carbonyl (C=O) groups excluding carboxylic acids is 2. The van der Waals surface area contributed by atoms with E-state index in [9.17, 15) is 9.59 Å². The first-order chi connectivity index (χ1) is 13.5. The molecule has 0 saturated heterocycles. The summed E-state index contributed by atoms with van der Waals surface area (Å²) in [6, 6.07) is 7.59. The highest BCUT2D eigenvalue weighted by Gasteiger charge is 2.28. The molecule has 1 N–H and O–H groups in total.